The first kappa shape index (κ1) is 18.4. The van der Waals surface area contributed by atoms with Gasteiger partial charge in [-0.15, -0.1) is 0 Å². The van der Waals surface area contributed by atoms with Gasteiger partial charge in [-0.1, -0.05) is 0 Å². The van der Waals surface area contributed by atoms with Crippen molar-refractivity contribution in [3.05, 3.63) is 24.0 Å². The molecule has 8 heteroatoms. The van der Waals surface area contributed by atoms with Crippen molar-refractivity contribution in [2.75, 3.05) is 27.2 Å². The Hall–Kier alpha value is -1.38. The van der Waals surface area contributed by atoms with E-state index in [-0.39, 0.29) is 18.1 Å². The Balaban J connectivity index is 1.65. The van der Waals surface area contributed by atoms with Crippen LogP contribution in [-0.2, 0) is 14.9 Å². The molecule has 1 aromatic rings. The summed E-state index contributed by atoms with van der Waals surface area (Å²) in [6, 6.07) is 3.72. The molecule has 3 rings (SSSR count). The van der Waals surface area contributed by atoms with Crippen LogP contribution in [0, 0.1) is 5.92 Å². The van der Waals surface area contributed by atoms with E-state index in [1.807, 2.05) is 23.8 Å². The minimum absolute atomic E-state index is 0.0538. The number of hydrogen-bond acceptors (Lipinski definition) is 4. The van der Waals surface area contributed by atoms with E-state index in [4.69, 9.17) is 4.74 Å². The van der Waals surface area contributed by atoms with Crippen molar-refractivity contribution in [3.8, 4) is 0 Å². The zero-order valence-electron chi connectivity index (χ0n) is 15.1. The average molecular weight is 369 g/mol. The maximum Gasteiger partial charge on any atom is 0.354 e. The molecule has 1 saturated carbocycles. The van der Waals surface area contributed by atoms with Gasteiger partial charge < -0.3 is 9.30 Å². The number of carbonyl (C=O) groups is 1. The second-order valence-corrected chi connectivity index (χ2v) is 9.01. The molecule has 1 unspecified atom stereocenters. The van der Waals surface area contributed by atoms with Crippen molar-refractivity contribution in [2.24, 2.45) is 5.92 Å². The highest BCUT2D eigenvalue weighted by Crippen LogP contribution is 2.36. The number of piperidine rings is 1. The maximum absolute atomic E-state index is 12.8. The number of nitrogens with zero attached hydrogens (tertiary/aromatic N) is 3. The molecule has 0 bridgehead atoms. The molecular weight excluding hydrogens is 342 g/mol. The van der Waals surface area contributed by atoms with E-state index in [0.717, 1.165) is 12.8 Å². The minimum Gasteiger partial charge on any atom is -0.464 e. The van der Waals surface area contributed by atoms with Crippen molar-refractivity contribution in [1.82, 2.24) is 13.2 Å². The van der Waals surface area contributed by atoms with Crippen LogP contribution in [0.15, 0.2) is 18.3 Å². The van der Waals surface area contributed by atoms with Gasteiger partial charge in [-0.2, -0.15) is 17.0 Å². The van der Waals surface area contributed by atoms with Crippen molar-refractivity contribution in [2.45, 2.75) is 44.7 Å². The molecule has 0 N–H and O–H groups in total. The number of hydrogen-bond donors (Lipinski definition) is 0. The molecule has 140 valence electrons. The number of carbonyl (C=O) groups excluding carboxylic acids is 1. The Labute approximate surface area is 149 Å². The smallest absolute Gasteiger partial charge is 0.354 e. The lowest BCUT2D eigenvalue weighted by Crippen LogP contribution is -2.49. The molecule has 1 saturated heterocycles. The lowest BCUT2D eigenvalue weighted by molar-refractivity contribution is 0.0583. The number of rotatable bonds is 6. The fraction of sp³-hybridized carbons (Fsp3) is 0.706. The molecule has 25 heavy (non-hydrogen) atoms. The molecule has 2 aliphatic rings. The van der Waals surface area contributed by atoms with Gasteiger partial charge in [0, 0.05) is 38.4 Å². The summed E-state index contributed by atoms with van der Waals surface area (Å²) in [7, 11) is -0.371. The molecular formula is C17H27N3O4S. The highest BCUT2D eigenvalue weighted by molar-refractivity contribution is 7.86. The zero-order valence-corrected chi connectivity index (χ0v) is 15.9. The van der Waals surface area contributed by atoms with E-state index in [0.29, 0.717) is 37.5 Å². The molecule has 2 fully saturated rings. The molecule has 1 aliphatic carbocycles. The van der Waals surface area contributed by atoms with Gasteiger partial charge in [-0.3, -0.25) is 0 Å². The van der Waals surface area contributed by atoms with Gasteiger partial charge in [0.15, 0.2) is 0 Å². The van der Waals surface area contributed by atoms with E-state index in [1.54, 1.807) is 17.4 Å². The zero-order chi connectivity index (χ0) is 18.2. The van der Waals surface area contributed by atoms with Crippen LogP contribution >= 0.6 is 0 Å². The third kappa shape index (κ3) is 3.61. The lowest BCUT2D eigenvalue weighted by Gasteiger charge is -2.36. The van der Waals surface area contributed by atoms with Gasteiger partial charge in [0.1, 0.15) is 5.69 Å². The van der Waals surface area contributed by atoms with E-state index < -0.39 is 10.2 Å². The first-order valence-corrected chi connectivity index (χ1v) is 10.2. The van der Waals surface area contributed by atoms with Gasteiger partial charge in [0.25, 0.3) is 10.2 Å². The maximum atomic E-state index is 12.8. The summed E-state index contributed by atoms with van der Waals surface area (Å²) >= 11 is 0. The summed E-state index contributed by atoms with van der Waals surface area (Å²) in [5.74, 6) is 0.137. The van der Waals surface area contributed by atoms with Crippen LogP contribution < -0.4 is 0 Å². The summed E-state index contributed by atoms with van der Waals surface area (Å²) < 4.78 is 35.5. The molecule has 0 spiro atoms. The quantitative estimate of drug-likeness (QED) is 0.718. The number of ether oxygens (including phenoxy) is 1. The predicted octanol–water partition coefficient (Wildman–Crippen LogP) is 1.89. The van der Waals surface area contributed by atoms with Crippen LogP contribution in [0.3, 0.4) is 0 Å². The summed E-state index contributed by atoms with van der Waals surface area (Å²) in [5, 5.41) is 0. The molecule has 0 amide bonds. The Morgan fingerprint density at radius 3 is 2.48 bits per heavy atom. The van der Waals surface area contributed by atoms with Gasteiger partial charge in [-0.05, 0) is 50.7 Å². The molecule has 0 aromatic carbocycles. The Bertz CT molecular complexity index is 718. The Morgan fingerprint density at radius 1 is 1.28 bits per heavy atom. The standard InChI is InChI=1S/C17H27N3O4S/c1-13(14-6-7-14)18(2)25(22,23)19-11-8-15(9-12-19)20-10-4-5-16(20)17(21)24-3/h4-5,10,13-15H,6-9,11-12H2,1-3H3. The van der Waals surface area contributed by atoms with Gasteiger partial charge in [0.2, 0.25) is 0 Å². The fourth-order valence-corrected chi connectivity index (χ4v) is 5.24. The normalized spacial score (nSPS) is 21.4. The lowest BCUT2D eigenvalue weighted by atomic mass is 10.1. The van der Waals surface area contributed by atoms with E-state index in [9.17, 15) is 13.2 Å². The van der Waals surface area contributed by atoms with Crippen molar-refractivity contribution >= 4 is 16.2 Å². The minimum atomic E-state index is -3.42. The van der Waals surface area contributed by atoms with Gasteiger partial charge in [-0.25, -0.2) is 4.79 Å². The second kappa shape index (κ2) is 7.09. The molecule has 7 nitrogen and oxygen atoms in total. The highest BCUT2D eigenvalue weighted by atomic mass is 32.2. The van der Waals surface area contributed by atoms with Crippen LogP contribution in [0.25, 0.3) is 0 Å². The first-order chi connectivity index (χ1) is 11.9. The molecule has 2 heterocycles. The Morgan fingerprint density at radius 2 is 1.92 bits per heavy atom. The first-order valence-electron chi connectivity index (χ1n) is 8.84. The largest absolute Gasteiger partial charge is 0.464 e. The molecule has 0 radical (unpaired) electrons. The summed E-state index contributed by atoms with van der Waals surface area (Å²) in [5.41, 5.74) is 0.517. The van der Waals surface area contributed by atoms with Crippen molar-refractivity contribution in [3.63, 3.8) is 0 Å². The van der Waals surface area contributed by atoms with Crippen molar-refractivity contribution in [1.29, 1.82) is 0 Å². The van der Waals surface area contributed by atoms with E-state index in [2.05, 4.69) is 0 Å². The van der Waals surface area contributed by atoms with E-state index in [1.165, 1.54) is 11.4 Å². The average Bonchev–Trinajstić information content (AvgIpc) is 3.36. The predicted molar refractivity (Wildman–Crippen MR) is 94.5 cm³/mol. The third-order valence-corrected chi connectivity index (χ3v) is 7.64. The second-order valence-electron chi connectivity index (χ2n) is 7.02. The molecule has 1 aromatic heterocycles. The van der Waals surface area contributed by atoms with Crippen LogP contribution in [0.2, 0.25) is 0 Å². The SMILES string of the molecule is COC(=O)c1cccn1C1CCN(S(=O)(=O)N(C)C(C)C2CC2)CC1. The summed E-state index contributed by atoms with van der Waals surface area (Å²) in [6.45, 7) is 2.92. The monoisotopic (exact) mass is 369 g/mol. The highest BCUT2D eigenvalue weighted by Gasteiger charge is 2.39. The van der Waals surface area contributed by atoms with Crippen LogP contribution in [-0.4, -0.2) is 60.9 Å². The number of aromatic nitrogens is 1. The fourth-order valence-electron chi connectivity index (χ4n) is 3.61. The van der Waals surface area contributed by atoms with Crippen molar-refractivity contribution < 1.29 is 17.9 Å². The number of esters is 1. The summed E-state index contributed by atoms with van der Waals surface area (Å²) in [4.78, 5) is 11.8. The van der Waals surface area contributed by atoms with E-state index >= 15 is 0 Å². The Kier molecular flexibility index (Phi) is 5.22. The van der Waals surface area contributed by atoms with Crippen LogP contribution in [0.4, 0.5) is 0 Å². The summed E-state index contributed by atoms with van der Waals surface area (Å²) in [6.07, 6.45) is 5.47. The third-order valence-electron chi connectivity index (χ3n) is 5.56. The molecule has 1 atom stereocenters. The molecule has 1 aliphatic heterocycles. The van der Waals surface area contributed by atoms with Gasteiger partial charge >= 0.3 is 5.97 Å². The number of methoxy groups -OCH3 is 1. The van der Waals surface area contributed by atoms with Gasteiger partial charge in [0.05, 0.1) is 7.11 Å². The van der Waals surface area contributed by atoms with Crippen LogP contribution in [0.1, 0.15) is 49.1 Å². The topological polar surface area (TPSA) is 71.8 Å². The van der Waals surface area contributed by atoms with Crippen LogP contribution in [0.5, 0.6) is 0 Å².